The largest absolute Gasteiger partial charge is 0.298 e. The lowest BCUT2D eigenvalue weighted by Gasteiger charge is -2.15. The van der Waals surface area contributed by atoms with Crippen LogP contribution in [0.1, 0.15) is 21.7 Å². The molecule has 2 nitrogen and oxygen atoms in total. The van der Waals surface area contributed by atoms with Crippen molar-refractivity contribution in [3.05, 3.63) is 57.2 Å². The van der Waals surface area contributed by atoms with Gasteiger partial charge in [-0.05, 0) is 30.7 Å². The molecule has 1 aromatic carbocycles. The van der Waals surface area contributed by atoms with Crippen molar-refractivity contribution < 1.29 is 4.79 Å². The molecule has 2 aromatic rings. The van der Waals surface area contributed by atoms with Crippen LogP contribution in [0, 0.1) is 5.92 Å². The predicted octanol–water partition coefficient (Wildman–Crippen LogP) is 4.11. The second kappa shape index (κ2) is 6.08. The summed E-state index contributed by atoms with van der Waals surface area (Å²) in [4.78, 5) is 15.5. The van der Waals surface area contributed by atoms with Gasteiger partial charge < -0.3 is 0 Å². The molecular weight excluding hydrogens is 290 g/mol. The number of hydrogen-bond donors (Lipinski definition) is 0. The lowest BCUT2D eigenvalue weighted by molar-refractivity contribution is 0.0926. The number of benzene rings is 1. The number of likely N-dealkylation sites (tertiary alicyclic amines) is 1. The fourth-order valence-corrected chi connectivity index (χ4v) is 3.74. The standard InChI is InChI=1S/C16H16ClNOS/c17-15-7-6-14(20-15)16(19)13-8-9-18(11-13)10-12-4-2-1-3-5-12/h1-7,13H,8-11H2. The third-order valence-corrected chi connectivity index (χ3v) is 4.95. The summed E-state index contributed by atoms with van der Waals surface area (Å²) in [7, 11) is 0. The summed E-state index contributed by atoms with van der Waals surface area (Å²) in [6.07, 6.45) is 0.946. The van der Waals surface area contributed by atoms with E-state index in [-0.39, 0.29) is 11.7 Å². The van der Waals surface area contributed by atoms with E-state index in [0.29, 0.717) is 4.34 Å². The highest BCUT2D eigenvalue weighted by molar-refractivity contribution is 7.18. The van der Waals surface area contributed by atoms with Crippen LogP contribution in [0.3, 0.4) is 0 Å². The van der Waals surface area contributed by atoms with Crippen LogP contribution in [0.15, 0.2) is 42.5 Å². The smallest absolute Gasteiger partial charge is 0.177 e. The zero-order valence-corrected chi connectivity index (χ0v) is 12.7. The van der Waals surface area contributed by atoms with Gasteiger partial charge in [0.05, 0.1) is 9.21 Å². The number of hydrogen-bond acceptors (Lipinski definition) is 3. The van der Waals surface area contributed by atoms with E-state index in [2.05, 4.69) is 29.2 Å². The first kappa shape index (κ1) is 13.8. The van der Waals surface area contributed by atoms with E-state index in [1.807, 2.05) is 12.1 Å². The molecule has 1 aliphatic rings. The van der Waals surface area contributed by atoms with E-state index in [1.165, 1.54) is 16.9 Å². The Bertz CT molecular complexity index is 596. The van der Waals surface area contributed by atoms with E-state index in [0.717, 1.165) is 30.9 Å². The van der Waals surface area contributed by atoms with Gasteiger partial charge in [-0.3, -0.25) is 9.69 Å². The number of Topliss-reactive ketones (excluding diaryl/α,β-unsaturated/α-hetero) is 1. The maximum absolute atomic E-state index is 12.4. The van der Waals surface area contributed by atoms with Gasteiger partial charge in [0, 0.05) is 19.0 Å². The molecule has 0 N–H and O–H groups in total. The molecule has 0 aliphatic carbocycles. The molecular formula is C16H16ClNOS. The Morgan fingerprint density at radius 1 is 1.25 bits per heavy atom. The second-order valence-electron chi connectivity index (χ2n) is 5.17. The molecule has 0 bridgehead atoms. The van der Waals surface area contributed by atoms with Gasteiger partial charge in [0.2, 0.25) is 0 Å². The minimum atomic E-state index is 0.119. The van der Waals surface area contributed by atoms with Crippen LogP contribution < -0.4 is 0 Å². The first-order valence-electron chi connectivity index (χ1n) is 6.78. The SMILES string of the molecule is O=C(c1ccc(Cl)s1)C1CCN(Cc2ccccc2)C1. The number of rotatable bonds is 4. The van der Waals surface area contributed by atoms with Crippen LogP contribution in [0.4, 0.5) is 0 Å². The van der Waals surface area contributed by atoms with Gasteiger partial charge in [-0.1, -0.05) is 41.9 Å². The average Bonchev–Trinajstić information content (AvgIpc) is 3.08. The van der Waals surface area contributed by atoms with Crippen molar-refractivity contribution in [1.29, 1.82) is 0 Å². The number of halogens is 1. The van der Waals surface area contributed by atoms with Crippen molar-refractivity contribution in [3.63, 3.8) is 0 Å². The minimum absolute atomic E-state index is 0.119. The van der Waals surface area contributed by atoms with Crippen LogP contribution >= 0.6 is 22.9 Å². The van der Waals surface area contributed by atoms with Gasteiger partial charge in [-0.2, -0.15) is 0 Å². The Morgan fingerprint density at radius 2 is 2.05 bits per heavy atom. The molecule has 0 radical (unpaired) electrons. The van der Waals surface area contributed by atoms with Gasteiger partial charge in [0.15, 0.2) is 5.78 Å². The first-order chi connectivity index (χ1) is 9.72. The van der Waals surface area contributed by atoms with E-state index in [1.54, 1.807) is 6.07 Å². The lowest BCUT2D eigenvalue weighted by Crippen LogP contribution is -2.22. The van der Waals surface area contributed by atoms with E-state index in [9.17, 15) is 4.79 Å². The number of carbonyl (C=O) groups excluding carboxylic acids is 1. The molecule has 1 aliphatic heterocycles. The van der Waals surface area contributed by atoms with Crippen molar-refractivity contribution in [2.45, 2.75) is 13.0 Å². The first-order valence-corrected chi connectivity index (χ1v) is 7.97. The average molecular weight is 306 g/mol. The third kappa shape index (κ3) is 3.11. The van der Waals surface area contributed by atoms with Crippen LogP contribution in [0.5, 0.6) is 0 Å². The zero-order valence-electron chi connectivity index (χ0n) is 11.1. The maximum Gasteiger partial charge on any atom is 0.177 e. The molecule has 0 saturated carbocycles. The minimum Gasteiger partial charge on any atom is -0.298 e. The fraction of sp³-hybridized carbons (Fsp3) is 0.312. The predicted molar refractivity (Wildman–Crippen MR) is 83.5 cm³/mol. The van der Waals surface area contributed by atoms with Crippen LogP contribution in [-0.4, -0.2) is 23.8 Å². The molecule has 1 saturated heterocycles. The molecule has 1 atom stereocenters. The molecule has 1 fully saturated rings. The quantitative estimate of drug-likeness (QED) is 0.792. The number of ketones is 1. The normalized spacial score (nSPS) is 19.4. The Hall–Kier alpha value is -1.16. The number of thiophene rings is 1. The number of carbonyl (C=O) groups is 1. The molecule has 104 valence electrons. The Kier molecular flexibility index (Phi) is 4.20. The highest BCUT2D eigenvalue weighted by Gasteiger charge is 2.29. The summed E-state index contributed by atoms with van der Waals surface area (Å²) in [5.41, 5.74) is 1.31. The molecule has 2 heterocycles. The summed E-state index contributed by atoms with van der Waals surface area (Å²) in [6, 6.07) is 14.1. The highest BCUT2D eigenvalue weighted by atomic mass is 35.5. The Balaban J connectivity index is 1.61. The lowest BCUT2D eigenvalue weighted by atomic mass is 10.0. The Morgan fingerprint density at radius 3 is 2.75 bits per heavy atom. The molecule has 4 heteroatoms. The van der Waals surface area contributed by atoms with Crippen molar-refractivity contribution in [2.75, 3.05) is 13.1 Å². The van der Waals surface area contributed by atoms with Crippen LogP contribution in [0.2, 0.25) is 4.34 Å². The van der Waals surface area contributed by atoms with Crippen LogP contribution in [-0.2, 0) is 6.54 Å². The van der Waals surface area contributed by atoms with Crippen molar-refractivity contribution >= 4 is 28.7 Å². The second-order valence-corrected chi connectivity index (χ2v) is 6.89. The monoisotopic (exact) mass is 305 g/mol. The summed E-state index contributed by atoms with van der Waals surface area (Å²) >= 11 is 7.29. The molecule has 20 heavy (non-hydrogen) atoms. The zero-order chi connectivity index (χ0) is 13.9. The highest BCUT2D eigenvalue weighted by Crippen LogP contribution is 2.28. The molecule has 1 unspecified atom stereocenters. The molecule has 3 rings (SSSR count). The van der Waals surface area contributed by atoms with Gasteiger partial charge in [-0.15, -0.1) is 11.3 Å². The van der Waals surface area contributed by atoms with E-state index in [4.69, 9.17) is 11.6 Å². The maximum atomic E-state index is 12.4. The van der Waals surface area contributed by atoms with Gasteiger partial charge in [0.1, 0.15) is 0 Å². The summed E-state index contributed by atoms with van der Waals surface area (Å²) < 4.78 is 0.687. The van der Waals surface area contributed by atoms with Crippen molar-refractivity contribution in [2.24, 2.45) is 5.92 Å². The van der Waals surface area contributed by atoms with Gasteiger partial charge in [0.25, 0.3) is 0 Å². The van der Waals surface area contributed by atoms with Gasteiger partial charge in [-0.25, -0.2) is 0 Å². The summed E-state index contributed by atoms with van der Waals surface area (Å²) in [5, 5.41) is 0. The van der Waals surface area contributed by atoms with Crippen LogP contribution in [0.25, 0.3) is 0 Å². The van der Waals surface area contributed by atoms with Crippen molar-refractivity contribution in [1.82, 2.24) is 4.90 Å². The molecule has 0 spiro atoms. The summed E-state index contributed by atoms with van der Waals surface area (Å²) in [5.74, 6) is 0.367. The van der Waals surface area contributed by atoms with E-state index >= 15 is 0 Å². The Labute approximate surface area is 128 Å². The summed E-state index contributed by atoms with van der Waals surface area (Å²) in [6.45, 7) is 2.77. The van der Waals surface area contributed by atoms with Gasteiger partial charge >= 0.3 is 0 Å². The molecule has 0 amide bonds. The van der Waals surface area contributed by atoms with E-state index < -0.39 is 0 Å². The fourth-order valence-electron chi connectivity index (χ4n) is 2.68. The third-order valence-electron chi connectivity index (χ3n) is 3.71. The molecule has 1 aromatic heterocycles. The van der Waals surface area contributed by atoms with Crippen molar-refractivity contribution in [3.8, 4) is 0 Å². The number of nitrogens with zero attached hydrogens (tertiary/aromatic N) is 1. The topological polar surface area (TPSA) is 20.3 Å².